The van der Waals surface area contributed by atoms with Crippen molar-refractivity contribution in [2.24, 2.45) is 0 Å². The highest BCUT2D eigenvalue weighted by Crippen LogP contribution is 2.18. The van der Waals surface area contributed by atoms with Crippen molar-refractivity contribution in [3.63, 3.8) is 0 Å². The first-order valence-corrected chi connectivity index (χ1v) is 9.61. The number of sulfone groups is 1. The van der Waals surface area contributed by atoms with Gasteiger partial charge in [0.15, 0.2) is 9.84 Å². The second-order valence-corrected chi connectivity index (χ2v) is 8.40. The largest absolute Gasteiger partial charge is 0.491 e. The molecule has 6 nitrogen and oxygen atoms in total. The van der Waals surface area contributed by atoms with Gasteiger partial charge in [-0.1, -0.05) is 12.1 Å². The molecule has 1 aromatic rings. The van der Waals surface area contributed by atoms with E-state index in [1.165, 1.54) is 0 Å². The molecule has 23 heavy (non-hydrogen) atoms. The molecule has 2 atom stereocenters. The molecule has 0 aliphatic carbocycles. The van der Waals surface area contributed by atoms with Crippen LogP contribution >= 0.6 is 0 Å². The molecule has 2 amide bonds. The lowest BCUT2D eigenvalue weighted by Gasteiger charge is -2.18. The molecule has 0 radical (unpaired) electrons. The van der Waals surface area contributed by atoms with E-state index in [1.54, 1.807) is 0 Å². The summed E-state index contributed by atoms with van der Waals surface area (Å²) in [5.41, 5.74) is 0.954. The van der Waals surface area contributed by atoms with E-state index >= 15 is 0 Å². The average Bonchev–Trinajstić information content (AvgIpc) is 2.77. The number of carbonyl (C=O) groups excluding carboxylic acids is 1. The molecule has 2 N–H and O–H groups in total. The van der Waals surface area contributed by atoms with Crippen LogP contribution in [0.2, 0.25) is 0 Å². The van der Waals surface area contributed by atoms with Gasteiger partial charge in [-0.25, -0.2) is 13.2 Å². The molecule has 0 saturated carbocycles. The highest BCUT2D eigenvalue weighted by Gasteiger charge is 2.29. The van der Waals surface area contributed by atoms with Gasteiger partial charge < -0.3 is 15.4 Å². The molecule has 2 rings (SSSR count). The van der Waals surface area contributed by atoms with E-state index in [9.17, 15) is 13.2 Å². The van der Waals surface area contributed by atoms with E-state index in [0.717, 1.165) is 11.3 Å². The van der Waals surface area contributed by atoms with Crippen LogP contribution in [0.15, 0.2) is 24.3 Å². The normalized spacial score (nSPS) is 21.0. The van der Waals surface area contributed by atoms with Gasteiger partial charge in [-0.2, -0.15) is 0 Å². The molecule has 1 aliphatic rings. The predicted molar refractivity (Wildman–Crippen MR) is 89.3 cm³/mol. The van der Waals surface area contributed by atoms with Crippen molar-refractivity contribution in [2.45, 2.75) is 45.4 Å². The molecule has 1 aliphatic heterocycles. The Morgan fingerprint density at radius 1 is 1.22 bits per heavy atom. The number of nitrogens with one attached hydrogen (secondary N) is 2. The Kier molecular flexibility index (Phi) is 5.51. The SMILES string of the molecule is CC(C)Oc1ccc([C@H](C)NC(=O)N[C@H]2CCS(=O)(=O)C2)cc1. The van der Waals surface area contributed by atoms with E-state index in [-0.39, 0.29) is 35.7 Å². The minimum Gasteiger partial charge on any atom is -0.491 e. The Balaban J connectivity index is 1.86. The number of benzene rings is 1. The van der Waals surface area contributed by atoms with Crippen LogP contribution in [-0.4, -0.2) is 38.1 Å². The zero-order valence-corrected chi connectivity index (χ0v) is 14.5. The summed E-state index contributed by atoms with van der Waals surface area (Å²) in [6.07, 6.45) is 0.593. The summed E-state index contributed by atoms with van der Waals surface area (Å²) >= 11 is 0. The van der Waals surface area contributed by atoms with Gasteiger partial charge in [-0.05, 0) is 44.9 Å². The molecule has 1 aromatic carbocycles. The van der Waals surface area contributed by atoms with Crippen molar-refractivity contribution in [3.8, 4) is 5.75 Å². The van der Waals surface area contributed by atoms with Crippen LogP contribution in [0.25, 0.3) is 0 Å². The van der Waals surface area contributed by atoms with Gasteiger partial charge in [0.25, 0.3) is 0 Å². The lowest BCUT2D eigenvalue weighted by Crippen LogP contribution is -2.43. The minimum atomic E-state index is -2.99. The monoisotopic (exact) mass is 340 g/mol. The van der Waals surface area contributed by atoms with Crippen molar-refractivity contribution >= 4 is 15.9 Å². The summed E-state index contributed by atoms with van der Waals surface area (Å²) in [5, 5.41) is 5.54. The Hall–Kier alpha value is -1.76. The average molecular weight is 340 g/mol. The van der Waals surface area contributed by atoms with Crippen LogP contribution in [0.5, 0.6) is 5.75 Å². The number of amides is 2. The summed E-state index contributed by atoms with van der Waals surface area (Å²) < 4.78 is 28.4. The van der Waals surface area contributed by atoms with E-state index in [2.05, 4.69) is 10.6 Å². The first-order valence-electron chi connectivity index (χ1n) is 7.79. The molecule has 128 valence electrons. The molecule has 0 spiro atoms. The third-order valence-electron chi connectivity index (χ3n) is 3.67. The zero-order valence-electron chi connectivity index (χ0n) is 13.7. The van der Waals surface area contributed by atoms with Gasteiger partial charge in [-0.3, -0.25) is 0 Å². The van der Waals surface area contributed by atoms with Crippen LogP contribution in [0.1, 0.15) is 38.8 Å². The zero-order chi connectivity index (χ0) is 17.0. The van der Waals surface area contributed by atoms with Gasteiger partial charge in [-0.15, -0.1) is 0 Å². The van der Waals surface area contributed by atoms with Crippen LogP contribution in [0.3, 0.4) is 0 Å². The highest BCUT2D eigenvalue weighted by molar-refractivity contribution is 7.91. The topological polar surface area (TPSA) is 84.5 Å². The Morgan fingerprint density at radius 2 is 1.87 bits per heavy atom. The molecular formula is C16H24N2O4S. The Bertz CT molecular complexity index is 641. The van der Waals surface area contributed by atoms with Crippen molar-refractivity contribution < 1.29 is 17.9 Å². The van der Waals surface area contributed by atoms with Gasteiger partial charge in [0.1, 0.15) is 5.75 Å². The van der Waals surface area contributed by atoms with Crippen molar-refractivity contribution in [3.05, 3.63) is 29.8 Å². The predicted octanol–water partition coefficient (Wildman–Crippen LogP) is 2.02. The molecule has 0 bridgehead atoms. The Morgan fingerprint density at radius 3 is 2.39 bits per heavy atom. The van der Waals surface area contributed by atoms with E-state index in [1.807, 2.05) is 45.0 Å². The first-order chi connectivity index (χ1) is 10.7. The van der Waals surface area contributed by atoms with Gasteiger partial charge >= 0.3 is 6.03 Å². The van der Waals surface area contributed by atoms with E-state index in [0.29, 0.717) is 6.42 Å². The maximum absolute atomic E-state index is 12.0. The molecule has 1 saturated heterocycles. The molecule has 7 heteroatoms. The number of urea groups is 1. The molecule has 0 aromatic heterocycles. The number of carbonyl (C=O) groups is 1. The second kappa shape index (κ2) is 7.21. The van der Waals surface area contributed by atoms with Crippen LogP contribution < -0.4 is 15.4 Å². The number of rotatable bonds is 5. The van der Waals surface area contributed by atoms with Crippen LogP contribution in [0, 0.1) is 0 Å². The standard InChI is InChI=1S/C16H24N2O4S/c1-11(2)22-15-6-4-13(5-7-15)12(3)17-16(19)18-14-8-9-23(20,21)10-14/h4-7,11-12,14H,8-10H2,1-3H3,(H2,17,18,19)/t12-,14-/m0/s1. The number of hydrogen-bond acceptors (Lipinski definition) is 4. The van der Waals surface area contributed by atoms with Crippen LogP contribution in [0.4, 0.5) is 4.79 Å². The third kappa shape index (κ3) is 5.42. The maximum atomic E-state index is 12.0. The van der Waals surface area contributed by atoms with Gasteiger partial charge in [0.2, 0.25) is 0 Å². The fourth-order valence-electron chi connectivity index (χ4n) is 2.52. The van der Waals surface area contributed by atoms with Crippen molar-refractivity contribution in [1.82, 2.24) is 10.6 Å². The lowest BCUT2D eigenvalue weighted by atomic mass is 10.1. The number of hydrogen-bond donors (Lipinski definition) is 2. The minimum absolute atomic E-state index is 0.0238. The smallest absolute Gasteiger partial charge is 0.315 e. The molecular weight excluding hydrogens is 316 g/mol. The quantitative estimate of drug-likeness (QED) is 0.859. The fraction of sp³-hybridized carbons (Fsp3) is 0.562. The molecule has 1 heterocycles. The fourth-order valence-corrected chi connectivity index (χ4v) is 4.20. The lowest BCUT2D eigenvalue weighted by molar-refractivity contribution is 0.235. The first kappa shape index (κ1) is 17.6. The van der Waals surface area contributed by atoms with E-state index in [4.69, 9.17) is 4.74 Å². The maximum Gasteiger partial charge on any atom is 0.315 e. The van der Waals surface area contributed by atoms with Gasteiger partial charge in [0.05, 0.1) is 23.7 Å². The van der Waals surface area contributed by atoms with Crippen molar-refractivity contribution in [2.75, 3.05) is 11.5 Å². The number of ether oxygens (including phenoxy) is 1. The summed E-state index contributed by atoms with van der Waals surface area (Å²) in [7, 11) is -2.99. The summed E-state index contributed by atoms with van der Waals surface area (Å²) in [6, 6.07) is 6.73. The van der Waals surface area contributed by atoms with Crippen LogP contribution in [-0.2, 0) is 9.84 Å². The summed E-state index contributed by atoms with van der Waals surface area (Å²) in [6.45, 7) is 5.81. The molecule has 0 unspecified atom stereocenters. The van der Waals surface area contributed by atoms with E-state index < -0.39 is 9.84 Å². The Labute approximate surface area is 137 Å². The molecule has 1 fully saturated rings. The third-order valence-corrected chi connectivity index (χ3v) is 5.44. The highest BCUT2D eigenvalue weighted by atomic mass is 32.2. The summed E-state index contributed by atoms with van der Waals surface area (Å²) in [5.74, 6) is 0.956. The van der Waals surface area contributed by atoms with Gasteiger partial charge in [0, 0.05) is 6.04 Å². The second-order valence-electron chi connectivity index (χ2n) is 6.18. The van der Waals surface area contributed by atoms with Crippen molar-refractivity contribution in [1.29, 1.82) is 0 Å². The summed E-state index contributed by atoms with van der Waals surface area (Å²) in [4.78, 5) is 12.0.